The number of nitrogens with zero attached hydrogens (tertiary/aromatic N) is 3. The van der Waals surface area contributed by atoms with Gasteiger partial charge in [0.2, 0.25) is 0 Å². The maximum atomic E-state index is 11.7. The third-order valence-electron chi connectivity index (χ3n) is 5.94. The molecule has 0 aromatic carbocycles. The van der Waals surface area contributed by atoms with Gasteiger partial charge in [0.25, 0.3) is 0 Å². The second kappa shape index (κ2) is 9.02. The second-order valence-corrected chi connectivity index (χ2v) is 8.56. The van der Waals surface area contributed by atoms with Gasteiger partial charge in [0.05, 0.1) is 17.0 Å². The molecular formula is C25H31N3O2. The van der Waals surface area contributed by atoms with Gasteiger partial charge >= 0.3 is 0 Å². The molecular weight excluding hydrogens is 374 g/mol. The largest absolute Gasteiger partial charge is 0.389 e. The van der Waals surface area contributed by atoms with Gasteiger partial charge in [0.1, 0.15) is 0 Å². The lowest BCUT2D eigenvalue weighted by atomic mass is 9.77. The third kappa shape index (κ3) is 4.58. The highest BCUT2D eigenvalue weighted by Crippen LogP contribution is 2.32. The molecule has 0 bridgehead atoms. The van der Waals surface area contributed by atoms with Crippen molar-refractivity contribution < 1.29 is 10.2 Å². The van der Waals surface area contributed by atoms with Crippen LogP contribution >= 0.6 is 0 Å². The van der Waals surface area contributed by atoms with Crippen LogP contribution in [0, 0.1) is 11.8 Å². The second-order valence-electron chi connectivity index (χ2n) is 8.56. The Balaban J connectivity index is 1.96. The van der Waals surface area contributed by atoms with Crippen LogP contribution in [0.1, 0.15) is 50.5 Å². The maximum absolute atomic E-state index is 11.7. The van der Waals surface area contributed by atoms with Gasteiger partial charge < -0.3 is 10.2 Å². The Morgan fingerprint density at radius 3 is 1.63 bits per heavy atom. The number of hydrogen-bond acceptors (Lipinski definition) is 5. The first-order chi connectivity index (χ1) is 14.3. The van der Waals surface area contributed by atoms with E-state index in [9.17, 15) is 10.2 Å². The summed E-state index contributed by atoms with van der Waals surface area (Å²) in [5.41, 5.74) is 0.334. The minimum Gasteiger partial charge on any atom is -0.389 e. The molecule has 3 rings (SSSR count). The lowest BCUT2D eigenvalue weighted by Crippen LogP contribution is -2.43. The summed E-state index contributed by atoms with van der Waals surface area (Å²) in [6.07, 6.45) is 4.02. The van der Waals surface area contributed by atoms with Crippen molar-refractivity contribution in [2.75, 3.05) is 0 Å². The number of aromatic nitrogens is 3. The van der Waals surface area contributed by atoms with E-state index in [0.29, 0.717) is 17.8 Å². The van der Waals surface area contributed by atoms with Crippen LogP contribution in [0.4, 0.5) is 0 Å². The smallest absolute Gasteiger partial charge is 0.154 e. The van der Waals surface area contributed by atoms with E-state index in [-0.39, 0.29) is 18.3 Å². The zero-order chi connectivity index (χ0) is 21.8. The molecule has 0 aliphatic heterocycles. The Morgan fingerprint density at radius 2 is 1.20 bits per heavy atom. The number of aliphatic hydroxyl groups is 2. The Kier molecular flexibility index (Phi) is 6.64. The Morgan fingerprint density at radius 1 is 0.700 bits per heavy atom. The van der Waals surface area contributed by atoms with Gasteiger partial charge in [-0.2, -0.15) is 0 Å². The highest BCUT2D eigenvalue weighted by molar-refractivity contribution is 5.30. The molecule has 5 nitrogen and oxygen atoms in total. The average Bonchev–Trinajstić information content (AvgIpc) is 2.75. The van der Waals surface area contributed by atoms with E-state index in [0.717, 1.165) is 11.4 Å². The number of rotatable bonds is 8. The summed E-state index contributed by atoms with van der Waals surface area (Å²) in [7, 11) is 0. The van der Waals surface area contributed by atoms with Gasteiger partial charge in [-0.1, -0.05) is 45.9 Å². The molecule has 0 fully saturated rings. The molecule has 0 aliphatic rings. The molecule has 0 atom stereocenters. The lowest BCUT2D eigenvalue weighted by molar-refractivity contribution is -0.0470. The maximum Gasteiger partial charge on any atom is 0.154 e. The van der Waals surface area contributed by atoms with E-state index in [2.05, 4.69) is 9.97 Å². The van der Waals surface area contributed by atoms with Crippen molar-refractivity contribution in [1.29, 1.82) is 0 Å². The highest BCUT2D eigenvalue weighted by atomic mass is 16.3. The van der Waals surface area contributed by atoms with Crippen LogP contribution in [0.3, 0.4) is 0 Å². The van der Waals surface area contributed by atoms with Crippen molar-refractivity contribution in [3.63, 3.8) is 0 Å². The van der Waals surface area contributed by atoms with Crippen molar-refractivity contribution >= 4 is 0 Å². The summed E-state index contributed by atoms with van der Waals surface area (Å²) in [6, 6.07) is 16.7. The van der Waals surface area contributed by atoms with Crippen LogP contribution in [-0.4, -0.2) is 30.8 Å². The first kappa shape index (κ1) is 22.1. The molecule has 3 aromatic heterocycles. The first-order valence-corrected chi connectivity index (χ1v) is 10.5. The van der Waals surface area contributed by atoms with Gasteiger partial charge in [-0.25, -0.2) is 0 Å². The van der Waals surface area contributed by atoms with Crippen LogP contribution in [0.15, 0.2) is 67.0 Å². The third-order valence-corrected chi connectivity index (χ3v) is 5.94. The van der Waals surface area contributed by atoms with Crippen LogP contribution in [0.5, 0.6) is 0 Å². The van der Waals surface area contributed by atoms with Crippen LogP contribution in [0.25, 0.3) is 0 Å². The quantitative estimate of drug-likeness (QED) is 0.593. The topological polar surface area (TPSA) is 79.1 Å². The van der Waals surface area contributed by atoms with Crippen LogP contribution < -0.4 is 0 Å². The molecule has 0 aliphatic carbocycles. The fraction of sp³-hybridized carbons (Fsp3) is 0.400. The molecule has 2 N–H and O–H groups in total. The molecule has 0 radical (unpaired) electrons. The van der Waals surface area contributed by atoms with Crippen molar-refractivity contribution in [3.8, 4) is 0 Å². The van der Waals surface area contributed by atoms with E-state index < -0.39 is 11.2 Å². The van der Waals surface area contributed by atoms with Gasteiger partial charge in [0.15, 0.2) is 5.60 Å². The summed E-state index contributed by atoms with van der Waals surface area (Å²) in [6.45, 7) is 8.13. The monoisotopic (exact) mass is 405 g/mol. The summed E-state index contributed by atoms with van der Waals surface area (Å²) < 4.78 is 0. The number of pyridine rings is 3. The predicted octanol–water partition coefficient (Wildman–Crippen LogP) is 3.94. The molecule has 0 spiro atoms. The predicted molar refractivity (Wildman–Crippen MR) is 118 cm³/mol. The van der Waals surface area contributed by atoms with E-state index in [1.54, 1.807) is 24.5 Å². The molecule has 5 heteroatoms. The van der Waals surface area contributed by atoms with Crippen LogP contribution in [0.2, 0.25) is 0 Å². The van der Waals surface area contributed by atoms with Crippen molar-refractivity contribution in [2.24, 2.45) is 11.8 Å². The van der Waals surface area contributed by atoms with Crippen molar-refractivity contribution in [1.82, 2.24) is 15.0 Å². The van der Waals surface area contributed by atoms with Crippen molar-refractivity contribution in [3.05, 3.63) is 89.8 Å². The van der Waals surface area contributed by atoms with Gasteiger partial charge in [-0.05, 0) is 48.2 Å². The SMILES string of the molecule is CC(C)C(O)(Cc1cccc(CC(O)(c2ccccn2)c2ccccn2)n1)C(C)C. The molecule has 3 aromatic rings. The number of hydrogen-bond donors (Lipinski definition) is 2. The fourth-order valence-corrected chi connectivity index (χ4v) is 3.88. The molecule has 158 valence electrons. The Hall–Kier alpha value is -2.63. The minimum atomic E-state index is -1.40. The highest BCUT2D eigenvalue weighted by Gasteiger charge is 2.37. The van der Waals surface area contributed by atoms with Gasteiger partial charge in [-0.15, -0.1) is 0 Å². The van der Waals surface area contributed by atoms with E-state index in [4.69, 9.17) is 4.98 Å². The van der Waals surface area contributed by atoms with E-state index >= 15 is 0 Å². The minimum absolute atomic E-state index is 0.0990. The summed E-state index contributed by atoms with van der Waals surface area (Å²) >= 11 is 0. The zero-order valence-electron chi connectivity index (χ0n) is 18.2. The standard InChI is InChI=1S/C25H31N3O2/c1-18(2)24(29,19(3)4)16-20-10-9-11-21(28-20)17-25(30,22-12-5-7-14-26-22)23-13-6-8-15-27-23/h5-15,18-19,29-30H,16-17H2,1-4H3. The molecule has 0 saturated carbocycles. The normalized spacial score (nSPS) is 12.5. The van der Waals surface area contributed by atoms with Crippen LogP contribution in [-0.2, 0) is 18.4 Å². The van der Waals surface area contributed by atoms with E-state index in [1.807, 2.05) is 70.2 Å². The molecule has 30 heavy (non-hydrogen) atoms. The average molecular weight is 406 g/mol. The Labute approximate surface area is 178 Å². The Bertz CT molecular complexity index is 895. The lowest BCUT2D eigenvalue weighted by Gasteiger charge is -2.36. The zero-order valence-corrected chi connectivity index (χ0v) is 18.2. The fourth-order valence-electron chi connectivity index (χ4n) is 3.88. The molecule has 3 heterocycles. The summed E-state index contributed by atoms with van der Waals surface area (Å²) in [5, 5.41) is 22.9. The van der Waals surface area contributed by atoms with Gasteiger partial charge in [-0.3, -0.25) is 15.0 Å². The van der Waals surface area contributed by atoms with Gasteiger partial charge in [0, 0.05) is 36.6 Å². The summed E-state index contributed by atoms with van der Waals surface area (Å²) in [4.78, 5) is 13.6. The van der Waals surface area contributed by atoms with E-state index in [1.165, 1.54) is 0 Å². The first-order valence-electron chi connectivity index (χ1n) is 10.5. The summed E-state index contributed by atoms with van der Waals surface area (Å²) in [5.74, 6) is 0.198. The van der Waals surface area contributed by atoms with Crippen molar-refractivity contribution in [2.45, 2.75) is 51.7 Å². The molecule has 0 unspecified atom stereocenters. The molecule has 0 amide bonds. The molecule has 0 saturated heterocycles.